The minimum atomic E-state index is -0.0923. The number of halogens is 1. The van der Waals surface area contributed by atoms with E-state index in [2.05, 4.69) is 22.0 Å². The Balaban J connectivity index is 1.36. The first-order chi connectivity index (χ1) is 18.4. The fourth-order valence-corrected chi connectivity index (χ4v) is 5.87. The summed E-state index contributed by atoms with van der Waals surface area (Å²) < 4.78 is 17.6. The second-order valence-corrected chi connectivity index (χ2v) is 10.5. The lowest BCUT2D eigenvalue weighted by Crippen LogP contribution is -2.43. The zero-order valence-corrected chi connectivity index (χ0v) is 22.5. The van der Waals surface area contributed by atoms with E-state index in [1.54, 1.807) is 39.5 Å². The van der Waals surface area contributed by atoms with Crippen LogP contribution in [-0.2, 0) is 10.3 Å². The van der Waals surface area contributed by atoms with E-state index in [1.165, 1.54) is 10.5 Å². The van der Waals surface area contributed by atoms with Gasteiger partial charge in [0.2, 0.25) is 0 Å². The number of amides is 1. The summed E-state index contributed by atoms with van der Waals surface area (Å²) in [6.07, 6.45) is 4.02. The van der Waals surface area contributed by atoms with Gasteiger partial charge in [0.15, 0.2) is 5.58 Å². The van der Waals surface area contributed by atoms with Crippen LogP contribution >= 0.6 is 11.6 Å². The van der Waals surface area contributed by atoms with Crippen LogP contribution in [0.25, 0.3) is 33.6 Å². The molecule has 2 aromatic heterocycles. The Labute approximate surface area is 226 Å². The summed E-state index contributed by atoms with van der Waals surface area (Å²) in [5.74, 6) is 1.08. The van der Waals surface area contributed by atoms with Crippen molar-refractivity contribution in [2.75, 3.05) is 47.5 Å². The average Bonchev–Trinajstić information content (AvgIpc) is 3.63. The number of nitrogens with zero attached hydrogens (tertiary/aromatic N) is 3. The molecule has 3 heterocycles. The third kappa shape index (κ3) is 4.25. The van der Waals surface area contributed by atoms with Gasteiger partial charge in [0.1, 0.15) is 17.0 Å². The Morgan fingerprint density at radius 2 is 1.84 bits per heavy atom. The number of rotatable bonds is 6. The molecule has 0 bridgehead atoms. The first-order valence-electron chi connectivity index (χ1n) is 12.8. The van der Waals surface area contributed by atoms with Gasteiger partial charge in [-0.15, -0.1) is 0 Å². The van der Waals surface area contributed by atoms with E-state index in [4.69, 9.17) is 25.5 Å². The molecule has 2 aromatic carbocycles. The molecule has 196 valence electrons. The quantitative estimate of drug-likeness (QED) is 0.311. The van der Waals surface area contributed by atoms with Crippen molar-refractivity contribution in [2.24, 2.45) is 0 Å². The Kier molecular flexibility index (Phi) is 6.38. The topological polar surface area (TPSA) is 68.0 Å². The molecule has 0 atom stereocenters. The molecule has 8 heteroatoms. The Bertz CT molecular complexity index is 1520. The van der Waals surface area contributed by atoms with Gasteiger partial charge < -0.3 is 18.8 Å². The standard InChI is InChI=1S/C30H30ClN3O4/c1-33(2)29(35)20-4-6-22(26(17-20)36-3)27-18-25-28(38-27)21(8-11-32-25)19-5-7-23(24(31)16-19)30(9-10-30)34-12-14-37-15-13-34/h4-8,11,16-18H,9-10,12-15H2,1-3H3. The Morgan fingerprint density at radius 1 is 1.05 bits per heavy atom. The molecule has 0 spiro atoms. The Hall–Kier alpha value is -3.39. The number of aromatic nitrogens is 1. The highest BCUT2D eigenvalue weighted by molar-refractivity contribution is 6.32. The van der Waals surface area contributed by atoms with Crippen LogP contribution in [-0.4, -0.2) is 68.2 Å². The fraction of sp³-hybridized carbons (Fsp3) is 0.333. The highest BCUT2D eigenvalue weighted by atomic mass is 35.5. The van der Waals surface area contributed by atoms with E-state index < -0.39 is 0 Å². The lowest BCUT2D eigenvalue weighted by molar-refractivity contribution is 0.00837. The molecule has 1 aliphatic carbocycles. The lowest BCUT2D eigenvalue weighted by Gasteiger charge is -2.35. The predicted molar refractivity (Wildman–Crippen MR) is 148 cm³/mol. The van der Waals surface area contributed by atoms with Gasteiger partial charge in [-0.05, 0) is 54.3 Å². The number of methoxy groups -OCH3 is 1. The molecule has 38 heavy (non-hydrogen) atoms. The lowest BCUT2D eigenvalue weighted by atomic mass is 9.98. The van der Waals surface area contributed by atoms with Gasteiger partial charge in [-0.3, -0.25) is 14.7 Å². The molecule has 1 saturated carbocycles. The smallest absolute Gasteiger partial charge is 0.253 e. The first-order valence-corrected chi connectivity index (χ1v) is 13.2. The normalized spacial score (nSPS) is 16.9. The highest BCUT2D eigenvalue weighted by Gasteiger charge is 2.50. The SMILES string of the molecule is COc1cc(C(=O)N(C)C)ccc1-c1cc2nccc(-c3ccc(C4(N5CCOCC5)CC4)c(Cl)c3)c2o1. The maximum absolute atomic E-state index is 12.4. The van der Waals surface area contributed by atoms with Crippen molar-refractivity contribution in [1.29, 1.82) is 0 Å². The van der Waals surface area contributed by atoms with Crippen LogP contribution in [0.15, 0.2) is 59.1 Å². The Morgan fingerprint density at radius 3 is 2.53 bits per heavy atom. The number of hydrogen-bond acceptors (Lipinski definition) is 6. The maximum Gasteiger partial charge on any atom is 0.253 e. The number of fused-ring (bicyclic) bond motifs is 1. The van der Waals surface area contributed by atoms with Crippen molar-refractivity contribution in [2.45, 2.75) is 18.4 Å². The molecular weight excluding hydrogens is 502 g/mol. The molecular formula is C30H30ClN3O4. The van der Waals surface area contributed by atoms with E-state index in [1.807, 2.05) is 24.3 Å². The van der Waals surface area contributed by atoms with Crippen molar-refractivity contribution in [3.63, 3.8) is 0 Å². The molecule has 1 saturated heterocycles. The van der Waals surface area contributed by atoms with Crippen LogP contribution in [0.5, 0.6) is 5.75 Å². The molecule has 7 nitrogen and oxygen atoms in total. The third-order valence-corrected chi connectivity index (χ3v) is 7.97. The van der Waals surface area contributed by atoms with E-state index in [-0.39, 0.29) is 11.4 Å². The predicted octanol–water partition coefficient (Wildman–Crippen LogP) is 5.85. The maximum atomic E-state index is 12.4. The van der Waals surface area contributed by atoms with Gasteiger partial charge in [0, 0.05) is 61.1 Å². The molecule has 0 unspecified atom stereocenters. The number of benzene rings is 2. The molecule has 0 N–H and O–H groups in total. The average molecular weight is 532 g/mol. The zero-order valence-electron chi connectivity index (χ0n) is 21.8. The van der Waals surface area contributed by atoms with Gasteiger partial charge in [-0.2, -0.15) is 0 Å². The fourth-order valence-electron chi connectivity index (χ4n) is 5.51. The van der Waals surface area contributed by atoms with Crippen molar-refractivity contribution in [3.05, 3.63) is 70.9 Å². The second-order valence-electron chi connectivity index (χ2n) is 10.1. The summed E-state index contributed by atoms with van der Waals surface area (Å²) in [6.45, 7) is 3.41. The first kappa shape index (κ1) is 24.9. The summed E-state index contributed by atoms with van der Waals surface area (Å²) in [4.78, 5) is 21.0. The van der Waals surface area contributed by atoms with Crippen LogP contribution in [0.2, 0.25) is 5.02 Å². The van der Waals surface area contributed by atoms with Crippen LogP contribution in [0.3, 0.4) is 0 Å². The van der Waals surface area contributed by atoms with Crippen LogP contribution in [0, 0.1) is 0 Å². The van der Waals surface area contributed by atoms with E-state index >= 15 is 0 Å². The molecule has 2 aliphatic rings. The number of furan rings is 1. The minimum Gasteiger partial charge on any atom is -0.496 e. The van der Waals surface area contributed by atoms with Gasteiger partial charge in [0.25, 0.3) is 5.91 Å². The number of hydrogen-bond donors (Lipinski definition) is 0. The summed E-state index contributed by atoms with van der Waals surface area (Å²) >= 11 is 6.93. The van der Waals surface area contributed by atoms with Crippen LogP contribution in [0.1, 0.15) is 28.8 Å². The molecule has 1 amide bonds. The van der Waals surface area contributed by atoms with E-state index in [0.29, 0.717) is 22.7 Å². The second kappa shape index (κ2) is 9.73. The van der Waals surface area contributed by atoms with E-state index in [0.717, 1.165) is 66.4 Å². The number of morpholine rings is 1. The molecule has 6 rings (SSSR count). The summed E-state index contributed by atoms with van der Waals surface area (Å²) in [5.41, 5.74) is 5.82. The number of pyridine rings is 1. The van der Waals surface area contributed by atoms with Gasteiger partial charge >= 0.3 is 0 Å². The zero-order chi connectivity index (χ0) is 26.4. The third-order valence-electron chi connectivity index (χ3n) is 7.65. The van der Waals surface area contributed by atoms with Crippen molar-refractivity contribution >= 4 is 28.6 Å². The van der Waals surface area contributed by atoms with Crippen LogP contribution in [0.4, 0.5) is 0 Å². The minimum absolute atomic E-state index is 0.0293. The largest absolute Gasteiger partial charge is 0.496 e. The summed E-state index contributed by atoms with van der Waals surface area (Å²) in [7, 11) is 5.03. The van der Waals surface area contributed by atoms with Crippen molar-refractivity contribution in [1.82, 2.24) is 14.8 Å². The number of ether oxygens (including phenoxy) is 2. The molecule has 0 radical (unpaired) electrons. The van der Waals surface area contributed by atoms with Crippen LogP contribution < -0.4 is 4.74 Å². The van der Waals surface area contributed by atoms with Crippen molar-refractivity contribution in [3.8, 4) is 28.2 Å². The summed E-state index contributed by atoms with van der Waals surface area (Å²) in [6, 6.07) is 15.5. The van der Waals surface area contributed by atoms with Crippen molar-refractivity contribution < 1.29 is 18.7 Å². The van der Waals surface area contributed by atoms with Gasteiger partial charge in [-0.25, -0.2) is 0 Å². The summed E-state index contributed by atoms with van der Waals surface area (Å²) in [5, 5.41) is 0.769. The number of carbonyl (C=O) groups excluding carboxylic acids is 1. The highest BCUT2D eigenvalue weighted by Crippen LogP contribution is 2.53. The van der Waals surface area contributed by atoms with Gasteiger partial charge in [0.05, 0.1) is 25.9 Å². The monoisotopic (exact) mass is 531 g/mol. The molecule has 1 aliphatic heterocycles. The van der Waals surface area contributed by atoms with Gasteiger partial charge in [-0.1, -0.05) is 23.7 Å². The molecule has 2 fully saturated rings. The molecule has 4 aromatic rings. The van der Waals surface area contributed by atoms with E-state index in [9.17, 15) is 4.79 Å². The number of carbonyl (C=O) groups is 1.